The van der Waals surface area contributed by atoms with Crippen molar-refractivity contribution in [2.45, 2.75) is 13.0 Å². The molecule has 5 heteroatoms. The van der Waals surface area contributed by atoms with Gasteiger partial charge in [-0.3, -0.25) is 9.59 Å². The Labute approximate surface area is 129 Å². The summed E-state index contributed by atoms with van der Waals surface area (Å²) in [4.78, 5) is 23.4. The van der Waals surface area contributed by atoms with Crippen molar-refractivity contribution in [3.8, 4) is 5.75 Å². The molecule has 2 amide bonds. The minimum Gasteiger partial charge on any atom is -0.489 e. The maximum atomic E-state index is 11.7. The summed E-state index contributed by atoms with van der Waals surface area (Å²) in [7, 11) is 0. The van der Waals surface area contributed by atoms with Gasteiger partial charge in [-0.2, -0.15) is 0 Å². The highest BCUT2D eigenvalue weighted by atomic mass is 16.5. The molecule has 1 unspecified atom stereocenters. The fourth-order valence-electron chi connectivity index (χ4n) is 1.80. The van der Waals surface area contributed by atoms with Crippen LogP contribution < -0.4 is 15.4 Å². The van der Waals surface area contributed by atoms with Crippen molar-refractivity contribution in [2.24, 2.45) is 0 Å². The number of anilines is 1. The average Bonchev–Trinajstić information content (AvgIpc) is 2.54. The normalized spacial score (nSPS) is 11.3. The Balaban J connectivity index is 1.76. The smallest absolute Gasteiger partial charge is 0.313 e. The van der Waals surface area contributed by atoms with Crippen LogP contribution in [0.25, 0.3) is 0 Å². The van der Waals surface area contributed by atoms with Gasteiger partial charge in [0, 0.05) is 5.69 Å². The topological polar surface area (TPSA) is 67.4 Å². The first kappa shape index (κ1) is 15.6. The molecule has 0 aliphatic heterocycles. The van der Waals surface area contributed by atoms with Gasteiger partial charge in [-0.05, 0) is 31.2 Å². The molecule has 2 rings (SSSR count). The molecule has 0 saturated heterocycles. The Morgan fingerprint density at radius 3 is 2.18 bits per heavy atom. The van der Waals surface area contributed by atoms with Crippen LogP contribution in [0, 0.1) is 0 Å². The van der Waals surface area contributed by atoms with E-state index in [4.69, 9.17) is 4.74 Å². The van der Waals surface area contributed by atoms with Gasteiger partial charge >= 0.3 is 11.8 Å². The Morgan fingerprint density at radius 1 is 0.955 bits per heavy atom. The highest BCUT2D eigenvalue weighted by molar-refractivity contribution is 6.39. The number of para-hydroxylation sites is 2. The number of nitrogens with one attached hydrogen (secondary N) is 2. The lowest BCUT2D eigenvalue weighted by Crippen LogP contribution is -2.40. The van der Waals surface area contributed by atoms with E-state index in [2.05, 4.69) is 10.6 Å². The van der Waals surface area contributed by atoms with Crippen LogP contribution in [0.3, 0.4) is 0 Å². The summed E-state index contributed by atoms with van der Waals surface area (Å²) in [5, 5.41) is 5.07. The van der Waals surface area contributed by atoms with Crippen molar-refractivity contribution in [3.05, 3.63) is 60.7 Å². The Hall–Kier alpha value is -2.82. The van der Waals surface area contributed by atoms with Gasteiger partial charge in [-0.15, -0.1) is 0 Å². The van der Waals surface area contributed by atoms with Gasteiger partial charge in [0.1, 0.15) is 11.9 Å². The third-order valence-electron chi connectivity index (χ3n) is 2.87. The molecule has 1 atom stereocenters. The zero-order chi connectivity index (χ0) is 15.8. The minimum atomic E-state index is -0.696. The SMILES string of the molecule is CC(CNC(=O)C(=O)Nc1ccccc1)Oc1ccccc1. The molecule has 114 valence electrons. The highest BCUT2D eigenvalue weighted by Gasteiger charge is 2.14. The summed E-state index contributed by atoms with van der Waals surface area (Å²) in [6, 6.07) is 18.1. The zero-order valence-corrected chi connectivity index (χ0v) is 12.3. The molecule has 5 nitrogen and oxygen atoms in total. The van der Waals surface area contributed by atoms with Crippen LogP contribution in [0.5, 0.6) is 5.75 Å². The first-order chi connectivity index (χ1) is 10.6. The van der Waals surface area contributed by atoms with E-state index in [9.17, 15) is 9.59 Å². The summed E-state index contributed by atoms with van der Waals surface area (Å²) < 4.78 is 5.62. The predicted octanol–water partition coefficient (Wildman–Crippen LogP) is 2.21. The first-order valence-corrected chi connectivity index (χ1v) is 7.01. The van der Waals surface area contributed by atoms with E-state index in [0.717, 1.165) is 5.75 Å². The number of rotatable bonds is 5. The average molecular weight is 298 g/mol. The van der Waals surface area contributed by atoms with Gasteiger partial charge < -0.3 is 15.4 Å². The zero-order valence-electron chi connectivity index (χ0n) is 12.3. The van der Waals surface area contributed by atoms with Crippen LogP contribution in [0.2, 0.25) is 0 Å². The van der Waals surface area contributed by atoms with Crippen LogP contribution in [-0.4, -0.2) is 24.5 Å². The van der Waals surface area contributed by atoms with Gasteiger partial charge in [0.2, 0.25) is 0 Å². The number of amides is 2. The summed E-state index contributed by atoms with van der Waals surface area (Å²) in [6.07, 6.45) is -0.240. The maximum absolute atomic E-state index is 11.7. The molecule has 0 aromatic heterocycles. The second kappa shape index (κ2) is 7.83. The molecule has 0 aliphatic rings. The van der Waals surface area contributed by atoms with Crippen molar-refractivity contribution >= 4 is 17.5 Å². The molecule has 0 aliphatic carbocycles. The molecule has 2 aromatic rings. The molecular weight excluding hydrogens is 280 g/mol. The molecule has 2 N–H and O–H groups in total. The molecule has 2 aromatic carbocycles. The second-order valence-electron chi connectivity index (χ2n) is 4.77. The number of carbonyl (C=O) groups is 2. The van der Waals surface area contributed by atoms with Gasteiger partial charge in [-0.25, -0.2) is 0 Å². The van der Waals surface area contributed by atoms with Gasteiger partial charge in [0.05, 0.1) is 6.54 Å². The Kier molecular flexibility index (Phi) is 5.54. The summed E-state index contributed by atoms with van der Waals surface area (Å²) in [5.41, 5.74) is 0.580. The minimum absolute atomic E-state index is 0.240. The molecule has 0 heterocycles. The van der Waals surface area contributed by atoms with E-state index < -0.39 is 11.8 Å². The number of ether oxygens (including phenoxy) is 1. The lowest BCUT2D eigenvalue weighted by atomic mass is 10.3. The fourth-order valence-corrected chi connectivity index (χ4v) is 1.80. The van der Waals surface area contributed by atoms with Crippen LogP contribution in [0.15, 0.2) is 60.7 Å². The quantitative estimate of drug-likeness (QED) is 0.832. The summed E-state index contributed by atoms with van der Waals surface area (Å²) >= 11 is 0. The number of benzene rings is 2. The largest absolute Gasteiger partial charge is 0.489 e. The summed E-state index contributed by atoms with van der Waals surface area (Å²) in [5.74, 6) is -0.663. The molecule has 0 saturated carbocycles. The van der Waals surface area contributed by atoms with Gasteiger partial charge in [0.15, 0.2) is 0 Å². The van der Waals surface area contributed by atoms with Crippen LogP contribution in [0.1, 0.15) is 6.92 Å². The molecule has 0 fully saturated rings. The number of hydrogen-bond donors (Lipinski definition) is 2. The van der Waals surface area contributed by atoms with Crippen molar-refractivity contribution in [3.63, 3.8) is 0 Å². The molecule has 0 bridgehead atoms. The van der Waals surface area contributed by atoms with Gasteiger partial charge in [-0.1, -0.05) is 36.4 Å². The van der Waals surface area contributed by atoms with E-state index in [1.165, 1.54) is 0 Å². The van der Waals surface area contributed by atoms with Crippen LogP contribution in [0.4, 0.5) is 5.69 Å². The van der Waals surface area contributed by atoms with E-state index in [0.29, 0.717) is 5.69 Å². The van der Waals surface area contributed by atoms with Crippen molar-refractivity contribution in [1.29, 1.82) is 0 Å². The van der Waals surface area contributed by atoms with E-state index in [-0.39, 0.29) is 12.6 Å². The summed E-state index contributed by atoms with van der Waals surface area (Å²) in [6.45, 7) is 2.07. The third kappa shape index (κ3) is 4.94. The maximum Gasteiger partial charge on any atom is 0.313 e. The third-order valence-corrected chi connectivity index (χ3v) is 2.87. The fraction of sp³-hybridized carbons (Fsp3) is 0.176. The molecule has 22 heavy (non-hydrogen) atoms. The second-order valence-corrected chi connectivity index (χ2v) is 4.77. The Bertz CT molecular complexity index is 614. The Morgan fingerprint density at radius 2 is 1.55 bits per heavy atom. The van der Waals surface area contributed by atoms with Crippen LogP contribution in [-0.2, 0) is 9.59 Å². The number of hydrogen-bond acceptors (Lipinski definition) is 3. The molecule has 0 radical (unpaired) electrons. The van der Waals surface area contributed by atoms with E-state index >= 15 is 0 Å². The lowest BCUT2D eigenvalue weighted by molar-refractivity contribution is -0.136. The lowest BCUT2D eigenvalue weighted by Gasteiger charge is -2.15. The van der Waals surface area contributed by atoms with Crippen molar-refractivity contribution in [1.82, 2.24) is 5.32 Å². The van der Waals surface area contributed by atoms with Crippen LogP contribution >= 0.6 is 0 Å². The molecule has 0 spiro atoms. The first-order valence-electron chi connectivity index (χ1n) is 7.01. The van der Waals surface area contributed by atoms with E-state index in [1.807, 2.05) is 43.3 Å². The predicted molar refractivity (Wildman–Crippen MR) is 84.6 cm³/mol. The van der Waals surface area contributed by atoms with E-state index in [1.54, 1.807) is 24.3 Å². The number of carbonyl (C=O) groups excluding carboxylic acids is 2. The standard InChI is InChI=1S/C17H18N2O3/c1-13(22-15-10-6-3-7-11-15)12-18-16(20)17(21)19-14-8-4-2-5-9-14/h2-11,13H,12H2,1H3,(H,18,20)(H,19,21). The van der Waals surface area contributed by atoms with Crippen molar-refractivity contribution in [2.75, 3.05) is 11.9 Å². The highest BCUT2D eigenvalue weighted by Crippen LogP contribution is 2.10. The molecular formula is C17H18N2O3. The monoisotopic (exact) mass is 298 g/mol. The van der Waals surface area contributed by atoms with Gasteiger partial charge in [0.25, 0.3) is 0 Å². The van der Waals surface area contributed by atoms with Crippen molar-refractivity contribution < 1.29 is 14.3 Å².